The van der Waals surface area contributed by atoms with Crippen molar-refractivity contribution in [1.29, 1.82) is 0 Å². The highest BCUT2D eigenvalue weighted by Gasteiger charge is 2.41. The molecule has 0 unspecified atom stereocenters. The number of hydrogen-bond donors (Lipinski definition) is 1. The molecule has 114 valence electrons. The summed E-state index contributed by atoms with van der Waals surface area (Å²) in [5.74, 6) is 0. The summed E-state index contributed by atoms with van der Waals surface area (Å²) in [6.07, 6.45) is 10.1. The molecule has 1 heterocycles. The van der Waals surface area contributed by atoms with E-state index in [1.54, 1.807) is 0 Å². The fourth-order valence-electron chi connectivity index (χ4n) is 3.01. The van der Waals surface area contributed by atoms with E-state index in [2.05, 4.69) is 32.6 Å². The quantitative estimate of drug-likeness (QED) is 0.700. The molecule has 0 atom stereocenters. The van der Waals surface area contributed by atoms with Crippen LogP contribution in [0.5, 0.6) is 0 Å². The predicted molar refractivity (Wildman–Crippen MR) is 83.5 cm³/mol. The van der Waals surface area contributed by atoms with Crippen molar-refractivity contribution >= 4 is 0 Å². The molecule has 1 fully saturated rings. The Morgan fingerprint density at radius 1 is 0.947 bits per heavy atom. The van der Waals surface area contributed by atoms with Crippen LogP contribution in [-0.2, 0) is 0 Å². The van der Waals surface area contributed by atoms with Crippen LogP contribution < -0.4 is 0 Å². The Labute approximate surface area is 120 Å². The lowest BCUT2D eigenvalue weighted by Gasteiger charge is -2.46. The van der Waals surface area contributed by atoms with E-state index >= 15 is 0 Å². The van der Waals surface area contributed by atoms with Crippen LogP contribution in [-0.4, -0.2) is 35.2 Å². The number of likely N-dealkylation sites (tertiary alicyclic amines) is 1. The summed E-state index contributed by atoms with van der Waals surface area (Å²) in [5.41, 5.74) is -0.441. The fraction of sp³-hybridized carbons (Fsp3) is 1.00. The first-order chi connectivity index (χ1) is 8.89. The summed E-state index contributed by atoms with van der Waals surface area (Å²) < 4.78 is 0. The second-order valence-electron chi connectivity index (χ2n) is 7.39. The SMILES string of the molecule is CCCCCCCCN1CCC(O)(C(C)(C)C)CC1. The molecule has 0 aromatic carbocycles. The van der Waals surface area contributed by atoms with Crippen LogP contribution in [0.4, 0.5) is 0 Å². The van der Waals surface area contributed by atoms with Crippen molar-refractivity contribution < 1.29 is 5.11 Å². The van der Waals surface area contributed by atoms with E-state index in [0.29, 0.717) is 0 Å². The second-order valence-corrected chi connectivity index (χ2v) is 7.39. The fourth-order valence-corrected chi connectivity index (χ4v) is 3.01. The van der Waals surface area contributed by atoms with Crippen molar-refractivity contribution in [2.24, 2.45) is 5.41 Å². The molecule has 1 aliphatic rings. The Balaban J connectivity index is 2.14. The number of unbranched alkanes of at least 4 members (excludes halogenated alkanes) is 5. The van der Waals surface area contributed by atoms with Crippen molar-refractivity contribution in [1.82, 2.24) is 4.90 Å². The highest BCUT2D eigenvalue weighted by Crippen LogP contribution is 2.38. The van der Waals surface area contributed by atoms with Gasteiger partial charge in [0.2, 0.25) is 0 Å². The molecular weight excluding hydrogens is 234 g/mol. The van der Waals surface area contributed by atoms with Gasteiger partial charge < -0.3 is 10.0 Å². The van der Waals surface area contributed by atoms with Crippen LogP contribution in [0, 0.1) is 5.41 Å². The Hall–Kier alpha value is -0.0800. The lowest BCUT2D eigenvalue weighted by Crippen LogP contribution is -2.51. The van der Waals surface area contributed by atoms with Gasteiger partial charge in [0.25, 0.3) is 0 Å². The van der Waals surface area contributed by atoms with E-state index in [-0.39, 0.29) is 5.41 Å². The zero-order chi connectivity index (χ0) is 14.4. The van der Waals surface area contributed by atoms with Crippen LogP contribution in [0.15, 0.2) is 0 Å². The molecular formula is C17H35NO. The van der Waals surface area contributed by atoms with Gasteiger partial charge in [0.1, 0.15) is 0 Å². The lowest BCUT2D eigenvalue weighted by molar-refractivity contribution is -0.0988. The summed E-state index contributed by atoms with van der Waals surface area (Å²) in [6, 6.07) is 0. The van der Waals surface area contributed by atoms with Crippen molar-refractivity contribution in [3.8, 4) is 0 Å². The van der Waals surface area contributed by atoms with E-state index in [0.717, 1.165) is 25.9 Å². The van der Waals surface area contributed by atoms with E-state index < -0.39 is 5.60 Å². The molecule has 0 aromatic rings. The largest absolute Gasteiger partial charge is 0.389 e. The minimum Gasteiger partial charge on any atom is -0.389 e. The normalized spacial score (nSPS) is 20.7. The van der Waals surface area contributed by atoms with Gasteiger partial charge in [0.15, 0.2) is 0 Å². The van der Waals surface area contributed by atoms with Gasteiger partial charge >= 0.3 is 0 Å². The zero-order valence-corrected chi connectivity index (χ0v) is 13.7. The van der Waals surface area contributed by atoms with Crippen molar-refractivity contribution in [3.05, 3.63) is 0 Å². The van der Waals surface area contributed by atoms with E-state index in [1.165, 1.54) is 45.1 Å². The third-order valence-electron chi connectivity index (χ3n) is 4.91. The Bertz CT molecular complexity index is 236. The molecule has 0 bridgehead atoms. The topological polar surface area (TPSA) is 23.5 Å². The maximum absolute atomic E-state index is 10.7. The summed E-state index contributed by atoms with van der Waals surface area (Å²) >= 11 is 0. The Kier molecular flexibility index (Phi) is 6.82. The summed E-state index contributed by atoms with van der Waals surface area (Å²) in [6.45, 7) is 12.1. The van der Waals surface area contributed by atoms with Gasteiger partial charge in [-0.05, 0) is 31.2 Å². The van der Waals surface area contributed by atoms with Crippen LogP contribution in [0.1, 0.15) is 79.1 Å². The zero-order valence-electron chi connectivity index (χ0n) is 13.7. The highest BCUT2D eigenvalue weighted by molar-refractivity contribution is 4.94. The van der Waals surface area contributed by atoms with Gasteiger partial charge in [0.05, 0.1) is 5.60 Å². The molecule has 2 heteroatoms. The number of nitrogens with zero attached hydrogens (tertiary/aromatic N) is 1. The summed E-state index contributed by atoms with van der Waals surface area (Å²) in [7, 11) is 0. The minimum atomic E-state index is -0.454. The number of hydrogen-bond acceptors (Lipinski definition) is 2. The number of aliphatic hydroxyl groups is 1. The third-order valence-corrected chi connectivity index (χ3v) is 4.91. The van der Waals surface area contributed by atoms with Crippen molar-refractivity contribution in [2.75, 3.05) is 19.6 Å². The molecule has 19 heavy (non-hydrogen) atoms. The van der Waals surface area contributed by atoms with Crippen LogP contribution >= 0.6 is 0 Å². The first-order valence-electron chi connectivity index (χ1n) is 8.34. The lowest BCUT2D eigenvalue weighted by atomic mass is 9.71. The van der Waals surface area contributed by atoms with Gasteiger partial charge in [-0.2, -0.15) is 0 Å². The molecule has 0 amide bonds. The third kappa shape index (κ3) is 5.43. The van der Waals surface area contributed by atoms with E-state index in [4.69, 9.17) is 0 Å². The minimum absolute atomic E-state index is 0.0131. The molecule has 1 aliphatic heterocycles. The summed E-state index contributed by atoms with van der Waals surface area (Å²) in [5, 5.41) is 10.7. The smallest absolute Gasteiger partial charge is 0.0720 e. The molecule has 0 spiro atoms. The first-order valence-corrected chi connectivity index (χ1v) is 8.34. The first kappa shape index (κ1) is 17.0. The van der Waals surface area contributed by atoms with Gasteiger partial charge in [-0.25, -0.2) is 0 Å². The molecule has 0 aliphatic carbocycles. The second kappa shape index (κ2) is 7.64. The van der Waals surface area contributed by atoms with Crippen molar-refractivity contribution in [3.63, 3.8) is 0 Å². The Morgan fingerprint density at radius 3 is 2.00 bits per heavy atom. The molecule has 1 rings (SSSR count). The van der Waals surface area contributed by atoms with E-state index in [9.17, 15) is 5.11 Å². The van der Waals surface area contributed by atoms with Crippen LogP contribution in [0.25, 0.3) is 0 Å². The molecule has 2 nitrogen and oxygen atoms in total. The molecule has 1 saturated heterocycles. The molecule has 0 aromatic heterocycles. The molecule has 0 saturated carbocycles. The monoisotopic (exact) mass is 269 g/mol. The van der Waals surface area contributed by atoms with Gasteiger partial charge in [-0.15, -0.1) is 0 Å². The number of piperidine rings is 1. The molecule has 0 radical (unpaired) electrons. The molecule has 1 N–H and O–H groups in total. The Morgan fingerprint density at radius 2 is 1.47 bits per heavy atom. The average molecular weight is 269 g/mol. The highest BCUT2D eigenvalue weighted by atomic mass is 16.3. The average Bonchev–Trinajstić information content (AvgIpc) is 2.34. The van der Waals surface area contributed by atoms with Gasteiger partial charge in [-0.1, -0.05) is 59.8 Å². The van der Waals surface area contributed by atoms with E-state index in [1.807, 2.05) is 0 Å². The standard InChI is InChI=1S/C17H35NO/c1-5-6-7-8-9-10-13-18-14-11-17(19,12-15-18)16(2,3)4/h19H,5-15H2,1-4H3. The maximum Gasteiger partial charge on any atom is 0.0720 e. The van der Waals surface area contributed by atoms with Crippen LogP contribution in [0.2, 0.25) is 0 Å². The van der Waals surface area contributed by atoms with Crippen molar-refractivity contribution in [2.45, 2.75) is 84.7 Å². The number of rotatable bonds is 7. The van der Waals surface area contributed by atoms with Crippen LogP contribution in [0.3, 0.4) is 0 Å². The summed E-state index contributed by atoms with van der Waals surface area (Å²) in [4.78, 5) is 2.54. The maximum atomic E-state index is 10.7. The predicted octanol–water partition coefficient (Wildman–Crippen LogP) is 4.22. The van der Waals surface area contributed by atoms with Gasteiger partial charge in [0, 0.05) is 13.1 Å². The van der Waals surface area contributed by atoms with Gasteiger partial charge in [-0.3, -0.25) is 0 Å².